The predicted molar refractivity (Wildman–Crippen MR) is 53.6 cm³/mol. The molecule has 1 heterocycles. The van der Waals surface area contributed by atoms with E-state index in [4.69, 9.17) is 10.8 Å². The molecule has 3 N–H and O–H groups in total. The van der Waals surface area contributed by atoms with Crippen molar-refractivity contribution in [2.24, 2.45) is 5.73 Å². The van der Waals surface area contributed by atoms with Crippen LogP contribution < -0.4 is 5.73 Å². The summed E-state index contributed by atoms with van der Waals surface area (Å²) in [6, 6.07) is 0. The summed E-state index contributed by atoms with van der Waals surface area (Å²) in [5.74, 6) is 0. The van der Waals surface area contributed by atoms with E-state index in [0.717, 1.165) is 45.8 Å². The zero-order chi connectivity index (χ0) is 9.52. The summed E-state index contributed by atoms with van der Waals surface area (Å²) in [6.45, 7) is 7.28. The fraction of sp³-hybridized carbons (Fsp3) is 1.00. The second kappa shape index (κ2) is 6.32. The highest BCUT2D eigenvalue weighted by atomic mass is 16.3. The molecule has 1 fully saturated rings. The van der Waals surface area contributed by atoms with Crippen molar-refractivity contribution >= 4 is 0 Å². The van der Waals surface area contributed by atoms with Gasteiger partial charge in [0.1, 0.15) is 0 Å². The van der Waals surface area contributed by atoms with Crippen LogP contribution in [-0.4, -0.2) is 67.3 Å². The molecule has 78 valence electrons. The Morgan fingerprint density at radius 2 is 1.62 bits per heavy atom. The molecular weight excluding hydrogens is 166 g/mol. The van der Waals surface area contributed by atoms with E-state index in [1.165, 1.54) is 6.42 Å². The lowest BCUT2D eigenvalue weighted by Gasteiger charge is -2.20. The minimum atomic E-state index is 0.275. The Morgan fingerprint density at radius 1 is 1.00 bits per heavy atom. The third-order valence-electron chi connectivity index (χ3n) is 2.54. The first-order valence-corrected chi connectivity index (χ1v) is 5.12. The van der Waals surface area contributed by atoms with Crippen molar-refractivity contribution in [3.05, 3.63) is 0 Å². The van der Waals surface area contributed by atoms with E-state index >= 15 is 0 Å². The molecule has 4 nitrogen and oxygen atoms in total. The fourth-order valence-corrected chi connectivity index (χ4v) is 1.80. The number of aliphatic hydroxyl groups is 1. The van der Waals surface area contributed by atoms with Gasteiger partial charge in [0, 0.05) is 32.7 Å². The van der Waals surface area contributed by atoms with E-state index < -0.39 is 0 Å². The summed E-state index contributed by atoms with van der Waals surface area (Å²) >= 11 is 0. The Hall–Kier alpha value is -0.160. The number of hydrogen-bond donors (Lipinski definition) is 2. The van der Waals surface area contributed by atoms with Gasteiger partial charge in [0.2, 0.25) is 0 Å². The molecule has 1 aliphatic heterocycles. The van der Waals surface area contributed by atoms with Crippen LogP contribution in [0.25, 0.3) is 0 Å². The second-order valence-corrected chi connectivity index (χ2v) is 3.55. The van der Waals surface area contributed by atoms with E-state index in [0.29, 0.717) is 0 Å². The quantitative estimate of drug-likeness (QED) is 0.589. The molecule has 1 rings (SSSR count). The van der Waals surface area contributed by atoms with Gasteiger partial charge in [-0.1, -0.05) is 0 Å². The van der Waals surface area contributed by atoms with Crippen molar-refractivity contribution in [2.75, 3.05) is 52.4 Å². The van der Waals surface area contributed by atoms with E-state index in [-0.39, 0.29) is 6.61 Å². The van der Waals surface area contributed by atoms with Gasteiger partial charge < -0.3 is 15.7 Å². The van der Waals surface area contributed by atoms with Crippen LogP contribution in [0, 0.1) is 0 Å². The molecule has 0 aromatic heterocycles. The van der Waals surface area contributed by atoms with Crippen LogP contribution in [0.3, 0.4) is 0 Å². The number of hydrogen-bond acceptors (Lipinski definition) is 4. The van der Waals surface area contributed by atoms with Gasteiger partial charge in [-0.05, 0) is 19.5 Å². The standard InChI is InChI=1S/C9H21N3O/c10-2-5-11-3-1-4-12(7-6-11)8-9-13/h13H,1-10H2. The molecule has 1 saturated heterocycles. The van der Waals surface area contributed by atoms with E-state index in [2.05, 4.69) is 9.80 Å². The summed E-state index contributed by atoms with van der Waals surface area (Å²) in [5, 5.41) is 8.80. The molecule has 0 amide bonds. The maximum atomic E-state index is 8.80. The monoisotopic (exact) mass is 187 g/mol. The zero-order valence-corrected chi connectivity index (χ0v) is 8.28. The number of rotatable bonds is 4. The molecule has 0 unspecified atom stereocenters. The van der Waals surface area contributed by atoms with Gasteiger partial charge in [0.05, 0.1) is 6.61 Å². The molecule has 0 spiro atoms. The SMILES string of the molecule is NCCN1CCCN(CCO)CC1. The topological polar surface area (TPSA) is 52.7 Å². The maximum absolute atomic E-state index is 8.80. The first kappa shape index (κ1) is 10.9. The Labute approximate surface area is 80.3 Å². The minimum absolute atomic E-state index is 0.275. The van der Waals surface area contributed by atoms with Crippen molar-refractivity contribution in [3.8, 4) is 0 Å². The second-order valence-electron chi connectivity index (χ2n) is 3.55. The predicted octanol–water partition coefficient (Wildman–Crippen LogP) is -1.05. The molecule has 0 saturated carbocycles. The molecule has 13 heavy (non-hydrogen) atoms. The van der Waals surface area contributed by atoms with Gasteiger partial charge in [0.25, 0.3) is 0 Å². The van der Waals surface area contributed by atoms with Gasteiger partial charge in [-0.3, -0.25) is 4.90 Å². The van der Waals surface area contributed by atoms with Crippen molar-refractivity contribution < 1.29 is 5.11 Å². The molecule has 1 aliphatic rings. The number of aliphatic hydroxyl groups excluding tert-OH is 1. The van der Waals surface area contributed by atoms with Crippen molar-refractivity contribution in [1.82, 2.24) is 9.80 Å². The average Bonchev–Trinajstić information content (AvgIpc) is 2.33. The molecule has 0 bridgehead atoms. The Kier molecular flexibility index (Phi) is 5.31. The lowest BCUT2D eigenvalue weighted by atomic mass is 10.4. The zero-order valence-electron chi connectivity index (χ0n) is 8.28. The average molecular weight is 187 g/mol. The summed E-state index contributed by atoms with van der Waals surface area (Å²) in [7, 11) is 0. The van der Waals surface area contributed by atoms with Gasteiger partial charge in [0.15, 0.2) is 0 Å². The largest absolute Gasteiger partial charge is 0.395 e. The van der Waals surface area contributed by atoms with Crippen LogP contribution in [0.2, 0.25) is 0 Å². The smallest absolute Gasteiger partial charge is 0.0558 e. The lowest BCUT2D eigenvalue weighted by Crippen LogP contribution is -2.34. The van der Waals surface area contributed by atoms with Crippen LogP contribution in [0.1, 0.15) is 6.42 Å². The van der Waals surface area contributed by atoms with Crippen LogP contribution in [0.4, 0.5) is 0 Å². The summed E-state index contributed by atoms with van der Waals surface area (Å²) < 4.78 is 0. The number of β-amino-alcohol motifs (C(OH)–C–C–N with tert-alkyl or cyclic N) is 1. The fourth-order valence-electron chi connectivity index (χ4n) is 1.80. The summed E-state index contributed by atoms with van der Waals surface area (Å²) in [6.07, 6.45) is 1.19. The summed E-state index contributed by atoms with van der Waals surface area (Å²) in [5.41, 5.74) is 5.51. The highest BCUT2D eigenvalue weighted by molar-refractivity contribution is 4.69. The van der Waals surface area contributed by atoms with Crippen LogP contribution in [-0.2, 0) is 0 Å². The van der Waals surface area contributed by atoms with Crippen molar-refractivity contribution in [2.45, 2.75) is 6.42 Å². The highest BCUT2D eigenvalue weighted by Crippen LogP contribution is 2.01. The molecule has 4 heteroatoms. The van der Waals surface area contributed by atoms with Crippen molar-refractivity contribution in [3.63, 3.8) is 0 Å². The van der Waals surface area contributed by atoms with Crippen molar-refractivity contribution in [1.29, 1.82) is 0 Å². The molecule has 0 aromatic rings. The Balaban J connectivity index is 2.22. The molecular formula is C9H21N3O. The third-order valence-corrected chi connectivity index (χ3v) is 2.54. The van der Waals surface area contributed by atoms with E-state index in [1.54, 1.807) is 0 Å². The molecule has 0 aliphatic carbocycles. The van der Waals surface area contributed by atoms with E-state index in [1.807, 2.05) is 0 Å². The number of nitrogens with two attached hydrogens (primary N) is 1. The van der Waals surface area contributed by atoms with Crippen LogP contribution in [0.15, 0.2) is 0 Å². The van der Waals surface area contributed by atoms with Crippen LogP contribution >= 0.6 is 0 Å². The Bertz CT molecular complexity index is 118. The highest BCUT2D eigenvalue weighted by Gasteiger charge is 2.12. The minimum Gasteiger partial charge on any atom is -0.395 e. The normalized spacial score (nSPS) is 21.7. The van der Waals surface area contributed by atoms with Gasteiger partial charge >= 0.3 is 0 Å². The summed E-state index contributed by atoms with van der Waals surface area (Å²) in [4.78, 5) is 4.72. The Morgan fingerprint density at radius 3 is 2.15 bits per heavy atom. The first-order chi connectivity index (χ1) is 6.36. The number of nitrogens with zero attached hydrogens (tertiary/aromatic N) is 2. The first-order valence-electron chi connectivity index (χ1n) is 5.12. The maximum Gasteiger partial charge on any atom is 0.0558 e. The lowest BCUT2D eigenvalue weighted by molar-refractivity contribution is 0.197. The van der Waals surface area contributed by atoms with E-state index in [9.17, 15) is 0 Å². The molecule has 0 aromatic carbocycles. The molecule has 0 radical (unpaired) electrons. The third kappa shape index (κ3) is 4.04. The van der Waals surface area contributed by atoms with Crippen LogP contribution in [0.5, 0.6) is 0 Å². The molecule has 0 atom stereocenters. The van der Waals surface area contributed by atoms with Gasteiger partial charge in [-0.15, -0.1) is 0 Å². The van der Waals surface area contributed by atoms with Gasteiger partial charge in [-0.2, -0.15) is 0 Å². The van der Waals surface area contributed by atoms with Gasteiger partial charge in [-0.25, -0.2) is 0 Å².